The van der Waals surface area contributed by atoms with Crippen molar-refractivity contribution in [2.24, 2.45) is 0 Å². The molecular formula is C23H32N4OS. The number of likely N-dealkylation sites (N-methyl/N-ethyl adjacent to an activating group) is 1. The zero-order chi connectivity index (χ0) is 20.6. The minimum Gasteiger partial charge on any atom is -0.494 e. The number of benzene rings is 2. The maximum atomic E-state index is 5.61. The molecule has 0 bridgehead atoms. The lowest BCUT2D eigenvalue weighted by atomic mass is 9.98. The second-order valence-corrected chi connectivity index (χ2v) is 7.95. The summed E-state index contributed by atoms with van der Waals surface area (Å²) in [6, 6.07) is 19.0. The third kappa shape index (κ3) is 6.16. The van der Waals surface area contributed by atoms with Crippen molar-refractivity contribution in [2.45, 2.75) is 25.9 Å². The molecular weight excluding hydrogens is 380 g/mol. The lowest BCUT2D eigenvalue weighted by Crippen LogP contribution is -2.52. The van der Waals surface area contributed by atoms with Crippen LogP contribution in [-0.2, 0) is 0 Å². The van der Waals surface area contributed by atoms with Crippen molar-refractivity contribution < 1.29 is 4.74 Å². The van der Waals surface area contributed by atoms with Crippen LogP contribution in [0.2, 0.25) is 0 Å². The van der Waals surface area contributed by atoms with Gasteiger partial charge < -0.3 is 20.3 Å². The van der Waals surface area contributed by atoms with Crippen molar-refractivity contribution in [1.82, 2.24) is 15.1 Å². The summed E-state index contributed by atoms with van der Waals surface area (Å²) in [5.74, 6) is 0.865. The van der Waals surface area contributed by atoms with Crippen molar-refractivity contribution in [3.05, 3.63) is 60.2 Å². The summed E-state index contributed by atoms with van der Waals surface area (Å²) >= 11 is 5.61. The van der Waals surface area contributed by atoms with Gasteiger partial charge >= 0.3 is 0 Å². The standard InChI is InChI=1S/C23H32N4OS/c1-4-28-21-12-10-20(11-13-21)25-23(29)24-18(2)22(19-8-6-5-7-9-19)27-16-14-26(3)15-17-27/h5-13,18,22H,4,14-17H2,1-3H3,(H2,24,25,29)/t18-,22+/m1/s1. The van der Waals surface area contributed by atoms with Gasteiger partial charge in [-0.15, -0.1) is 0 Å². The summed E-state index contributed by atoms with van der Waals surface area (Å²) in [6.45, 7) is 9.15. The molecule has 5 nitrogen and oxygen atoms in total. The SMILES string of the molecule is CCOc1ccc(NC(=S)N[C@H](C)[C@@H](c2ccccc2)N2CCN(C)CC2)cc1. The zero-order valence-electron chi connectivity index (χ0n) is 17.6. The molecule has 1 aliphatic rings. The van der Waals surface area contributed by atoms with Gasteiger partial charge in [-0.25, -0.2) is 0 Å². The third-order valence-electron chi connectivity index (χ3n) is 5.33. The fourth-order valence-corrected chi connectivity index (χ4v) is 4.12. The molecule has 0 radical (unpaired) electrons. The van der Waals surface area contributed by atoms with E-state index in [9.17, 15) is 0 Å². The molecule has 0 aliphatic carbocycles. The van der Waals surface area contributed by atoms with Crippen molar-refractivity contribution in [3.63, 3.8) is 0 Å². The number of nitrogens with one attached hydrogen (secondary N) is 2. The highest BCUT2D eigenvalue weighted by Crippen LogP contribution is 2.26. The van der Waals surface area contributed by atoms with Gasteiger partial charge in [0, 0.05) is 37.9 Å². The lowest BCUT2D eigenvalue weighted by Gasteiger charge is -2.41. The van der Waals surface area contributed by atoms with Crippen LogP contribution in [0.25, 0.3) is 0 Å². The first-order valence-corrected chi connectivity index (χ1v) is 10.8. The maximum absolute atomic E-state index is 5.61. The Morgan fingerprint density at radius 3 is 2.31 bits per heavy atom. The van der Waals surface area contributed by atoms with Crippen molar-refractivity contribution >= 4 is 23.0 Å². The number of ether oxygens (including phenoxy) is 1. The Morgan fingerprint density at radius 2 is 1.69 bits per heavy atom. The van der Waals surface area contributed by atoms with E-state index in [1.54, 1.807) is 0 Å². The molecule has 0 aromatic heterocycles. The van der Waals surface area contributed by atoms with Crippen LogP contribution in [0.15, 0.2) is 54.6 Å². The Bertz CT molecular complexity index is 760. The lowest BCUT2D eigenvalue weighted by molar-refractivity contribution is 0.0973. The van der Waals surface area contributed by atoms with Gasteiger partial charge in [-0.05, 0) is 62.9 Å². The van der Waals surface area contributed by atoms with Crippen LogP contribution in [0.3, 0.4) is 0 Å². The molecule has 2 N–H and O–H groups in total. The van der Waals surface area contributed by atoms with Crippen LogP contribution in [0.1, 0.15) is 25.5 Å². The van der Waals surface area contributed by atoms with E-state index >= 15 is 0 Å². The number of hydrogen-bond donors (Lipinski definition) is 2. The van der Waals surface area contributed by atoms with Gasteiger partial charge in [-0.3, -0.25) is 4.90 Å². The molecule has 156 valence electrons. The topological polar surface area (TPSA) is 39.8 Å². The van der Waals surface area contributed by atoms with Gasteiger partial charge in [0.25, 0.3) is 0 Å². The first-order chi connectivity index (χ1) is 14.1. The molecule has 6 heteroatoms. The Balaban J connectivity index is 1.65. The number of hydrogen-bond acceptors (Lipinski definition) is 4. The highest BCUT2D eigenvalue weighted by atomic mass is 32.1. The number of anilines is 1. The van der Waals surface area contributed by atoms with Crippen LogP contribution in [0, 0.1) is 0 Å². The number of nitrogens with zero attached hydrogens (tertiary/aromatic N) is 2. The van der Waals surface area contributed by atoms with Gasteiger partial charge in [0.15, 0.2) is 5.11 Å². The van der Waals surface area contributed by atoms with Crippen LogP contribution in [0.5, 0.6) is 5.75 Å². The van der Waals surface area contributed by atoms with E-state index in [0.717, 1.165) is 37.6 Å². The van der Waals surface area contributed by atoms with E-state index < -0.39 is 0 Å². The molecule has 2 aromatic rings. The summed E-state index contributed by atoms with van der Waals surface area (Å²) in [5.41, 5.74) is 2.27. The molecule has 0 saturated carbocycles. The molecule has 1 heterocycles. The van der Waals surface area contributed by atoms with Crippen molar-refractivity contribution in [1.29, 1.82) is 0 Å². The van der Waals surface area contributed by atoms with Crippen LogP contribution < -0.4 is 15.4 Å². The normalized spacial score (nSPS) is 17.3. The molecule has 1 aliphatic heterocycles. The maximum Gasteiger partial charge on any atom is 0.171 e. The predicted octanol–water partition coefficient (Wildman–Crippen LogP) is 3.75. The Labute approximate surface area is 180 Å². The van der Waals surface area contributed by atoms with Gasteiger partial charge in [0.05, 0.1) is 12.6 Å². The van der Waals surface area contributed by atoms with Gasteiger partial charge in [0.2, 0.25) is 0 Å². The average Bonchev–Trinajstić information content (AvgIpc) is 2.72. The Morgan fingerprint density at radius 1 is 1.03 bits per heavy atom. The fourth-order valence-electron chi connectivity index (χ4n) is 3.82. The number of piperazine rings is 1. The molecule has 0 unspecified atom stereocenters. The minimum atomic E-state index is 0.170. The van der Waals surface area contributed by atoms with E-state index in [1.165, 1.54) is 5.56 Å². The highest BCUT2D eigenvalue weighted by molar-refractivity contribution is 7.80. The molecule has 2 aromatic carbocycles. The second kappa shape index (κ2) is 10.6. The number of thiocarbonyl (C=S) groups is 1. The monoisotopic (exact) mass is 412 g/mol. The molecule has 0 spiro atoms. The van der Waals surface area contributed by atoms with Crippen LogP contribution >= 0.6 is 12.2 Å². The highest BCUT2D eigenvalue weighted by Gasteiger charge is 2.28. The fraction of sp³-hybridized carbons (Fsp3) is 0.435. The second-order valence-electron chi connectivity index (χ2n) is 7.54. The van der Waals surface area contributed by atoms with Crippen LogP contribution in [0.4, 0.5) is 5.69 Å². The molecule has 1 fully saturated rings. The molecule has 29 heavy (non-hydrogen) atoms. The first kappa shape index (κ1) is 21.6. The molecule has 2 atom stereocenters. The first-order valence-electron chi connectivity index (χ1n) is 10.3. The summed E-state index contributed by atoms with van der Waals surface area (Å²) in [4.78, 5) is 4.95. The van der Waals surface area contributed by atoms with E-state index in [4.69, 9.17) is 17.0 Å². The van der Waals surface area contributed by atoms with E-state index in [2.05, 4.69) is 64.7 Å². The summed E-state index contributed by atoms with van der Waals surface area (Å²) < 4.78 is 5.50. The van der Waals surface area contributed by atoms with Crippen molar-refractivity contribution in [2.75, 3.05) is 45.2 Å². The predicted molar refractivity (Wildman–Crippen MR) is 125 cm³/mol. The quantitative estimate of drug-likeness (QED) is 0.675. The smallest absolute Gasteiger partial charge is 0.171 e. The summed E-state index contributed by atoms with van der Waals surface area (Å²) in [7, 11) is 2.19. The van der Waals surface area contributed by atoms with Gasteiger partial charge in [0.1, 0.15) is 5.75 Å². The minimum absolute atomic E-state index is 0.170. The van der Waals surface area contributed by atoms with E-state index in [-0.39, 0.29) is 12.1 Å². The molecule has 0 amide bonds. The molecule has 3 rings (SSSR count). The average molecular weight is 413 g/mol. The summed E-state index contributed by atoms with van der Waals surface area (Å²) in [5, 5.41) is 7.44. The molecule has 1 saturated heterocycles. The zero-order valence-corrected chi connectivity index (χ0v) is 18.4. The Kier molecular flexibility index (Phi) is 7.86. The van der Waals surface area contributed by atoms with Crippen LogP contribution in [-0.4, -0.2) is 60.8 Å². The number of rotatable bonds is 7. The van der Waals surface area contributed by atoms with E-state index in [0.29, 0.717) is 11.7 Å². The largest absolute Gasteiger partial charge is 0.494 e. The van der Waals surface area contributed by atoms with Gasteiger partial charge in [-0.2, -0.15) is 0 Å². The third-order valence-corrected chi connectivity index (χ3v) is 5.55. The van der Waals surface area contributed by atoms with E-state index in [1.807, 2.05) is 31.2 Å². The van der Waals surface area contributed by atoms with Crippen molar-refractivity contribution in [3.8, 4) is 5.75 Å². The van der Waals surface area contributed by atoms with Gasteiger partial charge in [-0.1, -0.05) is 30.3 Å². The Hall–Kier alpha value is -2.15. The summed E-state index contributed by atoms with van der Waals surface area (Å²) in [6.07, 6.45) is 0.